The fourth-order valence-electron chi connectivity index (χ4n) is 1.89. The quantitative estimate of drug-likeness (QED) is 0.920. The molecule has 0 fully saturated rings. The van der Waals surface area contributed by atoms with Crippen molar-refractivity contribution in [3.8, 4) is 0 Å². The summed E-state index contributed by atoms with van der Waals surface area (Å²) in [4.78, 5) is 13.8. The maximum absolute atomic E-state index is 12.1. The van der Waals surface area contributed by atoms with Gasteiger partial charge < -0.3 is 10.2 Å². The first-order valence-corrected chi connectivity index (χ1v) is 7.18. The summed E-state index contributed by atoms with van der Waals surface area (Å²) in [6, 6.07) is 10.7. The van der Waals surface area contributed by atoms with E-state index in [9.17, 15) is 4.79 Å². The van der Waals surface area contributed by atoms with Gasteiger partial charge in [-0.2, -0.15) is 0 Å². The molecule has 1 aromatic carbocycles. The van der Waals surface area contributed by atoms with E-state index in [1.807, 2.05) is 32.0 Å². The molecular weight excluding hydrogens is 288 g/mol. The van der Waals surface area contributed by atoms with Gasteiger partial charge in [-0.05, 0) is 38.1 Å². The summed E-state index contributed by atoms with van der Waals surface area (Å²) in [6.45, 7) is 5.16. The van der Waals surface area contributed by atoms with Gasteiger partial charge >= 0.3 is 0 Å². The Morgan fingerprint density at radius 3 is 2.43 bits per heavy atom. The Kier molecular flexibility index (Phi) is 5.11. The van der Waals surface area contributed by atoms with Gasteiger partial charge in [-0.15, -0.1) is 10.2 Å². The zero-order chi connectivity index (χ0) is 15.2. The fourth-order valence-corrected chi connectivity index (χ4v) is 2.07. The van der Waals surface area contributed by atoms with Gasteiger partial charge in [-0.25, -0.2) is 0 Å². The highest BCUT2D eigenvalue weighted by molar-refractivity contribution is 6.33. The maximum Gasteiger partial charge on any atom is 0.274 e. The van der Waals surface area contributed by atoms with E-state index in [1.54, 1.807) is 23.1 Å². The molecule has 2 rings (SSSR count). The van der Waals surface area contributed by atoms with Gasteiger partial charge in [-0.3, -0.25) is 4.79 Å². The minimum absolute atomic E-state index is 0.114. The Morgan fingerprint density at radius 1 is 1.14 bits per heavy atom. The summed E-state index contributed by atoms with van der Waals surface area (Å²) in [5, 5.41) is 11.7. The third-order valence-corrected chi connectivity index (χ3v) is 3.40. The predicted octanol–water partition coefficient (Wildman–Crippen LogP) is 3.36. The van der Waals surface area contributed by atoms with E-state index in [0.29, 0.717) is 29.6 Å². The molecule has 0 spiro atoms. The second kappa shape index (κ2) is 7.04. The molecule has 1 N–H and O–H groups in total. The molecule has 110 valence electrons. The van der Waals surface area contributed by atoms with Crippen LogP contribution in [0.25, 0.3) is 0 Å². The molecule has 0 radical (unpaired) electrons. The number of nitrogens with zero attached hydrogens (tertiary/aromatic N) is 3. The monoisotopic (exact) mass is 304 g/mol. The number of para-hydroxylation sites is 1. The third kappa shape index (κ3) is 3.70. The van der Waals surface area contributed by atoms with Crippen molar-refractivity contribution < 1.29 is 4.79 Å². The molecule has 1 amide bonds. The number of carbonyl (C=O) groups is 1. The summed E-state index contributed by atoms with van der Waals surface area (Å²) in [6.07, 6.45) is 0. The summed E-state index contributed by atoms with van der Waals surface area (Å²) in [5.41, 5.74) is 1.08. The molecule has 0 aliphatic heterocycles. The Hall–Kier alpha value is -2.14. The van der Waals surface area contributed by atoms with Crippen LogP contribution < -0.4 is 5.32 Å². The van der Waals surface area contributed by atoms with E-state index in [4.69, 9.17) is 11.6 Å². The molecule has 0 aliphatic rings. The molecule has 1 heterocycles. The van der Waals surface area contributed by atoms with Crippen molar-refractivity contribution in [3.05, 3.63) is 47.1 Å². The van der Waals surface area contributed by atoms with E-state index in [2.05, 4.69) is 15.5 Å². The molecule has 0 unspecified atom stereocenters. The van der Waals surface area contributed by atoms with Crippen LogP contribution in [0.2, 0.25) is 5.02 Å². The normalized spacial score (nSPS) is 10.2. The van der Waals surface area contributed by atoms with Crippen LogP contribution >= 0.6 is 11.6 Å². The van der Waals surface area contributed by atoms with Gasteiger partial charge in [0.25, 0.3) is 5.91 Å². The largest absolute Gasteiger partial charge is 0.338 e. The fraction of sp³-hybridized carbons (Fsp3) is 0.267. The first kappa shape index (κ1) is 15.3. The van der Waals surface area contributed by atoms with Crippen LogP contribution in [0, 0.1) is 0 Å². The lowest BCUT2D eigenvalue weighted by atomic mass is 10.3. The number of carbonyl (C=O) groups excluding carboxylic acids is 1. The zero-order valence-electron chi connectivity index (χ0n) is 12.0. The van der Waals surface area contributed by atoms with E-state index in [1.165, 1.54) is 0 Å². The van der Waals surface area contributed by atoms with Crippen LogP contribution in [0.5, 0.6) is 0 Å². The molecular formula is C15H17ClN4O. The average Bonchev–Trinajstić information content (AvgIpc) is 2.51. The lowest BCUT2D eigenvalue weighted by Gasteiger charge is -2.17. The number of halogens is 1. The second-order valence-electron chi connectivity index (χ2n) is 4.39. The Balaban J connectivity index is 2.12. The molecule has 0 saturated heterocycles. The van der Waals surface area contributed by atoms with Gasteiger partial charge in [0.15, 0.2) is 11.5 Å². The van der Waals surface area contributed by atoms with Crippen molar-refractivity contribution in [2.75, 3.05) is 18.4 Å². The maximum atomic E-state index is 12.1. The Morgan fingerprint density at radius 2 is 1.86 bits per heavy atom. The van der Waals surface area contributed by atoms with E-state index in [0.717, 1.165) is 5.69 Å². The first-order chi connectivity index (χ1) is 10.2. The van der Waals surface area contributed by atoms with Crippen LogP contribution in [0.1, 0.15) is 24.3 Å². The van der Waals surface area contributed by atoms with Gasteiger partial charge in [0.1, 0.15) is 0 Å². The summed E-state index contributed by atoms with van der Waals surface area (Å²) in [7, 11) is 0. The molecule has 0 bridgehead atoms. The van der Waals surface area contributed by atoms with Gasteiger partial charge in [0.05, 0.1) is 10.7 Å². The molecule has 0 atom stereocenters. The topological polar surface area (TPSA) is 58.1 Å². The smallest absolute Gasteiger partial charge is 0.274 e. The SMILES string of the molecule is CCN(CC)C(=O)c1ccc(Nc2ccccc2Cl)nn1. The van der Waals surface area contributed by atoms with Crippen LogP contribution in [-0.2, 0) is 0 Å². The van der Waals surface area contributed by atoms with Crippen molar-refractivity contribution in [2.45, 2.75) is 13.8 Å². The summed E-state index contributed by atoms with van der Waals surface area (Å²) >= 11 is 6.06. The van der Waals surface area contributed by atoms with Crippen molar-refractivity contribution >= 4 is 29.0 Å². The first-order valence-electron chi connectivity index (χ1n) is 6.80. The second-order valence-corrected chi connectivity index (χ2v) is 4.79. The van der Waals surface area contributed by atoms with Crippen molar-refractivity contribution in [2.24, 2.45) is 0 Å². The van der Waals surface area contributed by atoms with E-state index >= 15 is 0 Å². The van der Waals surface area contributed by atoms with Gasteiger partial charge in [0, 0.05) is 13.1 Å². The highest BCUT2D eigenvalue weighted by atomic mass is 35.5. The Labute approximate surface area is 128 Å². The van der Waals surface area contributed by atoms with Crippen molar-refractivity contribution in [3.63, 3.8) is 0 Å². The molecule has 1 aromatic heterocycles. The van der Waals surface area contributed by atoms with Gasteiger partial charge in [-0.1, -0.05) is 23.7 Å². The highest BCUT2D eigenvalue weighted by Crippen LogP contribution is 2.23. The zero-order valence-corrected chi connectivity index (χ0v) is 12.8. The lowest BCUT2D eigenvalue weighted by Crippen LogP contribution is -2.31. The lowest BCUT2D eigenvalue weighted by molar-refractivity contribution is 0.0766. The van der Waals surface area contributed by atoms with Crippen molar-refractivity contribution in [1.82, 2.24) is 15.1 Å². The van der Waals surface area contributed by atoms with Crippen LogP contribution in [0.4, 0.5) is 11.5 Å². The van der Waals surface area contributed by atoms with E-state index in [-0.39, 0.29) is 5.91 Å². The third-order valence-electron chi connectivity index (χ3n) is 3.07. The molecule has 0 saturated carbocycles. The van der Waals surface area contributed by atoms with Crippen LogP contribution in [0.3, 0.4) is 0 Å². The molecule has 6 heteroatoms. The minimum Gasteiger partial charge on any atom is -0.338 e. The number of benzene rings is 1. The molecule has 0 aliphatic carbocycles. The number of aromatic nitrogens is 2. The predicted molar refractivity (Wildman–Crippen MR) is 84.0 cm³/mol. The van der Waals surface area contributed by atoms with Crippen LogP contribution in [0.15, 0.2) is 36.4 Å². The number of hydrogen-bond acceptors (Lipinski definition) is 4. The number of anilines is 2. The molecule has 2 aromatic rings. The standard InChI is InChI=1S/C15H17ClN4O/c1-3-20(4-2)15(21)13-9-10-14(19-18-13)17-12-8-6-5-7-11(12)16/h5-10H,3-4H2,1-2H3,(H,17,19). The summed E-state index contributed by atoms with van der Waals surface area (Å²) in [5.74, 6) is 0.427. The van der Waals surface area contributed by atoms with Crippen molar-refractivity contribution in [1.29, 1.82) is 0 Å². The minimum atomic E-state index is -0.114. The number of nitrogens with one attached hydrogen (secondary N) is 1. The number of hydrogen-bond donors (Lipinski definition) is 1. The molecule has 5 nitrogen and oxygen atoms in total. The van der Waals surface area contributed by atoms with Crippen LogP contribution in [-0.4, -0.2) is 34.1 Å². The highest BCUT2D eigenvalue weighted by Gasteiger charge is 2.14. The number of rotatable bonds is 5. The van der Waals surface area contributed by atoms with E-state index < -0.39 is 0 Å². The summed E-state index contributed by atoms with van der Waals surface area (Å²) < 4.78 is 0. The molecule has 21 heavy (non-hydrogen) atoms. The Bertz CT molecular complexity index is 611. The number of amides is 1. The average molecular weight is 305 g/mol. The van der Waals surface area contributed by atoms with Gasteiger partial charge in [0.2, 0.25) is 0 Å².